The van der Waals surface area contributed by atoms with Crippen molar-refractivity contribution in [3.05, 3.63) is 24.7 Å². The van der Waals surface area contributed by atoms with Gasteiger partial charge < -0.3 is 24.0 Å². The molecule has 1 N–H and O–H groups in total. The zero-order valence-electron chi connectivity index (χ0n) is 15.9. The van der Waals surface area contributed by atoms with Crippen LogP contribution in [0.2, 0.25) is 0 Å². The Morgan fingerprint density at radius 1 is 1.33 bits per heavy atom. The maximum Gasteiger partial charge on any atom is 0.407 e. The molecule has 0 aromatic carbocycles. The topological polar surface area (TPSA) is 115 Å². The summed E-state index contributed by atoms with van der Waals surface area (Å²) in [5, 5.41) is 9.11. The average molecular weight is 420 g/mol. The van der Waals surface area contributed by atoms with E-state index in [1.165, 1.54) is 23.5 Å². The number of halogens is 2. The van der Waals surface area contributed by atoms with Crippen molar-refractivity contribution >= 4 is 17.3 Å². The molecule has 1 saturated heterocycles. The monoisotopic (exact) mass is 420 g/mol. The normalized spacial score (nSPS) is 16.4. The van der Waals surface area contributed by atoms with Gasteiger partial charge in [-0.25, -0.2) is 19.7 Å². The summed E-state index contributed by atoms with van der Waals surface area (Å²) in [6, 6.07) is 2.91. The Morgan fingerprint density at radius 2 is 2.17 bits per heavy atom. The number of rotatable bonds is 6. The van der Waals surface area contributed by atoms with Gasteiger partial charge in [0, 0.05) is 37.3 Å². The van der Waals surface area contributed by atoms with Crippen molar-refractivity contribution in [2.45, 2.75) is 32.6 Å². The first-order chi connectivity index (χ1) is 14.5. The van der Waals surface area contributed by atoms with Crippen LogP contribution in [-0.4, -0.2) is 66.4 Å². The van der Waals surface area contributed by atoms with E-state index in [1.54, 1.807) is 6.07 Å². The standard InChI is InChI=1S/C18H18F2N6O4/c1-2-26-14(10-3-4-12(21-7-10)30-17(19)20)24-13-15(26)22-9-23-16(13)29-11-5-6-25(8-11)18(27)28/h3-4,7,9,11,17H,2,5-6,8H2,1H3,(H,27,28)/t11-/m0/s1. The SMILES string of the molecule is CCn1c(-c2ccc(OC(F)F)nc2)nc2c(O[C@H]3CCN(C(=O)O)C3)ncnc21. The van der Waals surface area contributed by atoms with E-state index in [1.807, 2.05) is 11.5 Å². The Bertz CT molecular complexity index is 1060. The number of nitrogens with zero attached hydrogens (tertiary/aromatic N) is 6. The molecule has 158 valence electrons. The number of carbonyl (C=O) groups is 1. The van der Waals surface area contributed by atoms with Crippen LogP contribution in [0.15, 0.2) is 24.7 Å². The Kier molecular flexibility index (Phi) is 5.29. The molecule has 12 heteroatoms. The minimum absolute atomic E-state index is 0.194. The van der Waals surface area contributed by atoms with Crippen LogP contribution in [0.5, 0.6) is 11.8 Å². The summed E-state index contributed by atoms with van der Waals surface area (Å²) in [5.74, 6) is 0.588. The summed E-state index contributed by atoms with van der Waals surface area (Å²) in [6.07, 6.45) is 1.98. The van der Waals surface area contributed by atoms with Crippen LogP contribution >= 0.6 is 0 Å². The number of pyridine rings is 1. The van der Waals surface area contributed by atoms with Crippen LogP contribution in [0.25, 0.3) is 22.6 Å². The maximum absolute atomic E-state index is 12.3. The molecule has 1 aliphatic heterocycles. The zero-order chi connectivity index (χ0) is 21.3. The minimum atomic E-state index is -2.95. The van der Waals surface area contributed by atoms with E-state index in [0.717, 1.165) is 0 Å². The largest absolute Gasteiger partial charge is 0.471 e. The van der Waals surface area contributed by atoms with Gasteiger partial charge in [-0.1, -0.05) is 0 Å². The van der Waals surface area contributed by atoms with Gasteiger partial charge in [0.05, 0.1) is 6.54 Å². The van der Waals surface area contributed by atoms with Gasteiger partial charge in [-0.3, -0.25) is 0 Å². The summed E-state index contributed by atoms with van der Waals surface area (Å²) in [6.45, 7) is 0.134. The molecule has 3 aromatic heterocycles. The highest BCUT2D eigenvalue weighted by Gasteiger charge is 2.29. The first-order valence-corrected chi connectivity index (χ1v) is 9.23. The van der Waals surface area contributed by atoms with Crippen LogP contribution in [-0.2, 0) is 6.54 Å². The van der Waals surface area contributed by atoms with Gasteiger partial charge in [0.1, 0.15) is 18.3 Å². The van der Waals surface area contributed by atoms with Gasteiger partial charge in [-0.05, 0) is 13.0 Å². The molecule has 4 rings (SSSR count). The van der Waals surface area contributed by atoms with E-state index in [4.69, 9.17) is 9.84 Å². The molecule has 1 fully saturated rings. The van der Waals surface area contributed by atoms with Gasteiger partial charge in [0.15, 0.2) is 11.2 Å². The first kappa shape index (κ1) is 19.7. The molecule has 0 aliphatic carbocycles. The summed E-state index contributed by atoms with van der Waals surface area (Å²) >= 11 is 0. The molecule has 1 amide bonds. The Hall–Kier alpha value is -3.57. The second kappa shape index (κ2) is 8.05. The third-order valence-electron chi connectivity index (χ3n) is 4.71. The Labute approximate surface area is 169 Å². The fourth-order valence-corrected chi connectivity index (χ4v) is 3.35. The first-order valence-electron chi connectivity index (χ1n) is 9.23. The lowest BCUT2D eigenvalue weighted by atomic mass is 10.2. The number of hydrogen-bond acceptors (Lipinski definition) is 7. The summed E-state index contributed by atoms with van der Waals surface area (Å²) in [7, 11) is 0. The highest BCUT2D eigenvalue weighted by atomic mass is 19.3. The van der Waals surface area contributed by atoms with E-state index in [0.29, 0.717) is 42.1 Å². The van der Waals surface area contributed by atoms with Crippen molar-refractivity contribution in [3.8, 4) is 23.1 Å². The van der Waals surface area contributed by atoms with E-state index >= 15 is 0 Å². The number of hydrogen-bond donors (Lipinski definition) is 1. The molecular formula is C18H18F2N6O4. The predicted octanol–water partition coefficient (Wildman–Crippen LogP) is 2.64. The van der Waals surface area contributed by atoms with Gasteiger partial charge >= 0.3 is 12.7 Å². The fraction of sp³-hybridized carbons (Fsp3) is 0.389. The summed E-state index contributed by atoms with van der Waals surface area (Å²) in [4.78, 5) is 29.3. The van der Waals surface area contributed by atoms with E-state index in [-0.39, 0.29) is 24.4 Å². The maximum atomic E-state index is 12.3. The number of carboxylic acid groups (broad SMARTS) is 1. The zero-order valence-corrected chi connectivity index (χ0v) is 15.9. The van der Waals surface area contributed by atoms with Gasteiger partial charge in [-0.15, -0.1) is 0 Å². The molecular weight excluding hydrogens is 402 g/mol. The number of fused-ring (bicyclic) bond motifs is 1. The van der Waals surface area contributed by atoms with E-state index in [9.17, 15) is 13.6 Å². The quantitative estimate of drug-likeness (QED) is 0.647. The van der Waals surface area contributed by atoms with Crippen molar-refractivity contribution in [2.24, 2.45) is 0 Å². The second-order valence-electron chi connectivity index (χ2n) is 6.55. The van der Waals surface area contributed by atoms with Gasteiger partial charge in [-0.2, -0.15) is 13.8 Å². The van der Waals surface area contributed by atoms with Gasteiger partial charge in [0.2, 0.25) is 11.8 Å². The molecule has 0 bridgehead atoms. The molecule has 1 aliphatic rings. The lowest BCUT2D eigenvalue weighted by Gasteiger charge is -2.13. The number of alkyl halides is 2. The van der Waals surface area contributed by atoms with Crippen molar-refractivity contribution in [2.75, 3.05) is 13.1 Å². The molecule has 0 radical (unpaired) electrons. The number of ether oxygens (including phenoxy) is 2. The van der Waals surface area contributed by atoms with Crippen molar-refractivity contribution in [1.82, 2.24) is 29.4 Å². The van der Waals surface area contributed by atoms with Crippen LogP contribution in [0, 0.1) is 0 Å². The molecule has 3 aromatic rings. The molecule has 0 spiro atoms. The Morgan fingerprint density at radius 3 is 2.80 bits per heavy atom. The van der Waals surface area contributed by atoms with Crippen LogP contribution < -0.4 is 9.47 Å². The highest BCUT2D eigenvalue weighted by Crippen LogP contribution is 2.29. The minimum Gasteiger partial charge on any atom is -0.471 e. The third-order valence-corrected chi connectivity index (χ3v) is 4.71. The van der Waals surface area contributed by atoms with Crippen molar-refractivity contribution in [3.63, 3.8) is 0 Å². The number of imidazole rings is 1. The van der Waals surface area contributed by atoms with Gasteiger partial charge in [0.25, 0.3) is 0 Å². The van der Waals surface area contributed by atoms with Crippen molar-refractivity contribution in [1.29, 1.82) is 0 Å². The molecule has 0 unspecified atom stereocenters. The number of likely N-dealkylation sites (tertiary alicyclic amines) is 1. The van der Waals surface area contributed by atoms with Crippen LogP contribution in [0.3, 0.4) is 0 Å². The summed E-state index contributed by atoms with van der Waals surface area (Å²) < 4.78 is 36.7. The van der Waals surface area contributed by atoms with Crippen LogP contribution in [0.4, 0.5) is 13.6 Å². The van der Waals surface area contributed by atoms with Crippen LogP contribution in [0.1, 0.15) is 13.3 Å². The lowest BCUT2D eigenvalue weighted by molar-refractivity contribution is -0.0528. The molecule has 10 nitrogen and oxygen atoms in total. The lowest BCUT2D eigenvalue weighted by Crippen LogP contribution is -2.29. The number of aromatic nitrogens is 5. The van der Waals surface area contributed by atoms with E-state index in [2.05, 4.69) is 24.7 Å². The smallest absolute Gasteiger partial charge is 0.407 e. The second-order valence-corrected chi connectivity index (χ2v) is 6.55. The third kappa shape index (κ3) is 3.80. The Balaban J connectivity index is 1.65. The molecule has 30 heavy (non-hydrogen) atoms. The van der Waals surface area contributed by atoms with E-state index < -0.39 is 12.7 Å². The summed E-state index contributed by atoms with van der Waals surface area (Å²) in [5.41, 5.74) is 1.55. The van der Waals surface area contributed by atoms with Crippen molar-refractivity contribution < 1.29 is 28.2 Å². The number of amides is 1. The molecule has 4 heterocycles. The predicted molar refractivity (Wildman–Crippen MR) is 99.5 cm³/mol. The average Bonchev–Trinajstić information content (AvgIpc) is 3.33. The molecule has 0 saturated carbocycles. The molecule has 1 atom stereocenters. The highest BCUT2D eigenvalue weighted by molar-refractivity contribution is 5.81. The fourth-order valence-electron chi connectivity index (χ4n) is 3.35. The number of aryl methyl sites for hydroxylation is 1.